The maximum absolute atomic E-state index is 12.4. The standard InChI is InChI=1S/C17H25N3O/c1-16(2,3)13-8-11(9-14(18)20-13)15(21)19-10-17(6-7-17)12-4-5-12/h8-9,12H,4-7,10H2,1-3H3,(H2,18,20)(H,19,21). The molecular formula is C17H25N3O. The lowest BCUT2D eigenvalue weighted by Crippen LogP contribution is -2.31. The van der Waals surface area contributed by atoms with Gasteiger partial charge >= 0.3 is 0 Å². The summed E-state index contributed by atoms with van der Waals surface area (Å²) in [6, 6.07) is 3.53. The molecular weight excluding hydrogens is 262 g/mol. The van der Waals surface area contributed by atoms with Crippen LogP contribution in [0, 0.1) is 11.3 Å². The van der Waals surface area contributed by atoms with Gasteiger partial charge in [-0.1, -0.05) is 20.8 Å². The molecule has 0 aliphatic heterocycles. The highest BCUT2D eigenvalue weighted by molar-refractivity contribution is 5.95. The average Bonchev–Trinajstić information content (AvgIpc) is 3.25. The van der Waals surface area contributed by atoms with Crippen molar-refractivity contribution in [3.8, 4) is 0 Å². The zero-order valence-corrected chi connectivity index (χ0v) is 13.2. The molecule has 21 heavy (non-hydrogen) atoms. The number of amides is 1. The Morgan fingerprint density at radius 1 is 1.38 bits per heavy atom. The third-order valence-electron chi connectivity index (χ3n) is 4.81. The Kier molecular flexibility index (Phi) is 3.23. The first-order valence-corrected chi connectivity index (χ1v) is 7.86. The zero-order valence-electron chi connectivity index (χ0n) is 13.2. The minimum Gasteiger partial charge on any atom is -0.384 e. The molecule has 4 heteroatoms. The largest absolute Gasteiger partial charge is 0.384 e. The van der Waals surface area contributed by atoms with Crippen LogP contribution >= 0.6 is 0 Å². The van der Waals surface area contributed by atoms with E-state index in [1.807, 2.05) is 6.07 Å². The van der Waals surface area contributed by atoms with Crippen molar-refractivity contribution in [3.05, 3.63) is 23.4 Å². The maximum atomic E-state index is 12.4. The van der Waals surface area contributed by atoms with E-state index in [1.54, 1.807) is 6.07 Å². The Morgan fingerprint density at radius 3 is 2.57 bits per heavy atom. The van der Waals surface area contributed by atoms with Crippen LogP contribution in [-0.4, -0.2) is 17.4 Å². The van der Waals surface area contributed by atoms with Crippen LogP contribution in [0.4, 0.5) is 5.82 Å². The second-order valence-electron chi connectivity index (χ2n) is 7.74. The molecule has 0 atom stereocenters. The van der Waals surface area contributed by atoms with E-state index < -0.39 is 0 Å². The number of rotatable bonds is 4. The van der Waals surface area contributed by atoms with E-state index in [-0.39, 0.29) is 11.3 Å². The van der Waals surface area contributed by atoms with Gasteiger partial charge in [-0.15, -0.1) is 0 Å². The fourth-order valence-corrected chi connectivity index (χ4v) is 3.01. The number of pyridine rings is 1. The van der Waals surface area contributed by atoms with Gasteiger partial charge in [0.15, 0.2) is 0 Å². The molecule has 1 aromatic heterocycles. The number of nitrogens with zero attached hydrogens (tertiary/aromatic N) is 1. The molecule has 2 aliphatic carbocycles. The average molecular weight is 287 g/mol. The van der Waals surface area contributed by atoms with Crippen LogP contribution in [0.1, 0.15) is 62.5 Å². The topological polar surface area (TPSA) is 68.0 Å². The highest BCUT2D eigenvalue weighted by Crippen LogP contribution is 2.60. The molecule has 2 aliphatic rings. The summed E-state index contributed by atoms with van der Waals surface area (Å²) in [5.74, 6) is 1.24. The van der Waals surface area contributed by atoms with Gasteiger partial charge < -0.3 is 11.1 Å². The molecule has 1 aromatic rings. The summed E-state index contributed by atoms with van der Waals surface area (Å²) < 4.78 is 0. The number of hydrogen-bond acceptors (Lipinski definition) is 3. The van der Waals surface area contributed by atoms with Gasteiger partial charge in [-0.2, -0.15) is 0 Å². The predicted molar refractivity (Wildman–Crippen MR) is 84.1 cm³/mol. The van der Waals surface area contributed by atoms with Gasteiger partial charge in [-0.3, -0.25) is 4.79 Å². The van der Waals surface area contributed by atoms with Crippen molar-refractivity contribution >= 4 is 11.7 Å². The number of aromatic nitrogens is 1. The summed E-state index contributed by atoms with van der Waals surface area (Å²) >= 11 is 0. The van der Waals surface area contributed by atoms with Crippen LogP contribution in [0.25, 0.3) is 0 Å². The number of nitrogens with one attached hydrogen (secondary N) is 1. The summed E-state index contributed by atoms with van der Waals surface area (Å²) in [5.41, 5.74) is 7.64. The Morgan fingerprint density at radius 2 is 2.05 bits per heavy atom. The molecule has 2 saturated carbocycles. The van der Waals surface area contributed by atoms with E-state index in [0.29, 0.717) is 16.8 Å². The summed E-state index contributed by atoms with van der Waals surface area (Å²) in [6.45, 7) is 7.03. The van der Waals surface area contributed by atoms with Gasteiger partial charge in [-0.05, 0) is 49.1 Å². The smallest absolute Gasteiger partial charge is 0.251 e. The number of carbonyl (C=O) groups excluding carboxylic acids is 1. The van der Waals surface area contributed by atoms with Crippen molar-refractivity contribution in [2.24, 2.45) is 11.3 Å². The lowest BCUT2D eigenvalue weighted by Gasteiger charge is -2.19. The highest BCUT2D eigenvalue weighted by Gasteiger charge is 2.53. The summed E-state index contributed by atoms with van der Waals surface area (Å²) in [7, 11) is 0. The molecule has 0 unspecified atom stereocenters. The van der Waals surface area contributed by atoms with Crippen molar-refractivity contribution < 1.29 is 4.79 Å². The van der Waals surface area contributed by atoms with Crippen molar-refractivity contribution in [2.45, 2.75) is 51.9 Å². The number of nitrogens with two attached hydrogens (primary N) is 1. The molecule has 3 N–H and O–H groups in total. The van der Waals surface area contributed by atoms with E-state index in [4.69, 9.17) is 5.73 Å². The van der Waals surface area contributed by atoms with Crippen LogP contribution in [0.15, 0.2) is 12.1 Å². The molecule has 3 rings (SSSR count). The second-order valence-corrected chi connectivity index (χ2v) is 7.74. The van der Waals surface area contributed by atoms with E-state index in [0.717, 1.165) is 18.2 Å². The fraction of sp³-hybridized carbons (Fsp3) is 0.647. The molecule has 0 spiro atoms. The minimum absolute atomic E-state index is 0.0264. The van der Waals surface area contributed by atoms with Gasteiger partial charge in [0, 0.05) is 23.2 Å². The van der Waals surface area contributed by atoms with E-state index in [1.165, 1.54) is 25.7 Å². The summed E-state index contributed by atoms with van der Waals surface area (Å²) in [4.78, 5) is 16.7. The van der Waals surface area contributed by atoms with Crippen LogP contribution < -0.4 is 11.1 Å². The van der Waals surface area contributed by atoms with Crippen LogP contribution in [0.3, 0.4) is 0 Å². The Balaban J connectivity index is 1.70. The molecule has 114 valence electrons. The molecule has 1 heterocycles. The normalized spacial score (nSPS) is 20.1. The molecule has 2 fully saturated rings. The lowest BCUT2D eigenvalue weighted by atomic mass is 9.90. The number of nitrogen functional groups attached to an aromatic ring is 1. The molecule has 4 nitrogen and oxygen atoms in total. The summed E-state index contributed by atoms with van der Waals surface area (Å²) in [6.07, 6.45) is 5.21. The fourth-order valence-electron chi connectivity index (χ4n) is 3.01. The molecule has 0 bridgehead atoms. The van der Waals surface area contributed by atoms with Gasteiger partial charge in [0.2, 0.25) is 0 Å². The molecule has 1 amide bonds. The van der Waals surface area contributed by atoms with Gasteiger partial charge in [0.1, 0.15) is 5.82 Å². The summed E-state index contributed by atoms with van der Waals surface area (Å²) in [5, 5.41) is 3.11. The quantitative estimate of drug-likeness (QED) is 0.894. The first-order chi connectivity index (χ1) is 9.80. The predicted octanol–water partition coefficient (Wildman–Crippen LogP) is 2.88. The molecule has 0 saturated heterocycles. The molecule has 0 aromatic carbocycles. The van der Waals surface area contributed by atoms with Crippen molar-refractivity contribution in [1.82, 2.24) is 10.3 Å². The highest BCUT2D eigenvalue weighted by atomic mass is 16.1. The van der Waals surface area contributed by atoms with Crippen LogP contribution in [0.2, 0.25) is 0 Å². The number of hydrogen-bond donors (Lipinski definition) is 2. The van der Waals surface area contributed by atoms with E-state index >= 15 is 0 Å². The van der Waals surface area contributed by atoms with Crippen molar-refractivity contribution in [2.75, 3.05) is 12.3 Å². The maximum Gasteiger partial charge on any atom is 0.251 e. The van der Waals surface area contributed by atoms with Gasteiger partial charge in [0.05, 0.1) is 0 Å². The van der Waals surface area contributed by atoms with Crippen molar-refractivity contribution in [3.63, 3.8) is 0 Å². The zero-order chi connectivity index (χ0) is 15.3. The van der Waals surface area contributed by atoms with Gasteiger partial charge in [-0.25, -0.2) is 4.98 Å². The first-order valence-electron chi connectivity index (χ1n) is 7.86. The Hall–Kier alpha value is -1.58. The monoisotopic (exact) mass is 287 g/mol. The molecule has 0 radical (unpaired) electrons. The van der Waals surface area contributed by atoms with E-state index in [2.05, 4.69) is 31.1 Å². The SMILES string of the molecule is CC(C)(C)c1cc(C(=O)NCC2(C3CC3)CC2)cc(N)n1. The second kappa shape index (κ2) is 4.72. The third-order valence-corrected chi connectivity index (χ3v) is 4.81. The van der Waals surface area contributed by atoms with E-state index in [9.17, 15) is 4.79 Å². The van der Waals surface area contributed by atoms with Gasteiger partial charge in [0.25, 0.3) is 5.91 Å². The lowest BCUT2D eigenvalue weighted by molar-refractivity contribution is 0.0942. The minimum atomic E-state index is -0.115. The Labute approximate surface area is 126 Å². The van der Waals surface area contributed by atoms with Crippen molar-refractivity contribution in [1.29, 1.82) is 0 Å². The van der Waals surface area contributed by atoms with Crippen LogP contribution in [0.5, 0.6) is 0 Å². The number of anilines is 1. The Bertz CT molecular complexity index is 566. The first kappa shape index (κ1) is 14.4. The number of carbonyl (C=O) groups is 1. The van der Waals surface area contributed by atoms with Crippen LogP contribution in [-0.2, 0) is 5.41 Å². The third kappa shape index (κ3) is 3.04.